The molecule has 1 aliphatic heterocycles. The largest absolute Gasteiger partial charge is 0.369 e. The normalized spacial score (nSPS) is 14.3. The lowest BCUT2D eigenvalue weighted by Crippen LogP contribution is -2.46. The van der Waals surface area contributed by atoms with Crippen molar-refractivity contribution in [2.45, 2.75) is 26.9 Å². The van der Waals surface area contributed by atoms with E-state index in [1.807, 2.05) is 38.1 Å². The number of carbonyl (C=O) groups excluding carboxylic acids is 1. The zero-order chi connectivity index (χ0) is 32.0. The van der Waals surface area contributed by atoms with Crippen molar-refractivity contribution in [3.8, 4) is 11.1 Å². The van der Waals surface area contributed by atoms with Gasteiger partial charge in [0.25, 0.3) is 5.91 Å². The number of hydrogen-bond acceptors (Lipinski definition) is 6. The van der Waals surface area contributed by atoms with Gasteiger partial charge in [-0.05, 0) is 66.9 Å². The third-order valence-electron chi connectivity index (χ3n) is 8.02. The lowest BCUT2D eigenvalue weighted by Gasteiger charge is -2.36. The first-order valence-corrected chi connectivity index (χ1v) is 17.4. The summed E-state index contributed by atoms with van der Waals surface area (Å²) in [4.78, 5) is 17.5. The number of benzene rings is 3. The van der Waals surface area contributed by atoms with E-state index in [0.29, 0.717) is 12.4 Å². The van der Waals surface area contributed by atoms with Crippen LogP contribution in [0.25, 0.3) is 17.2 Å². The Hall–Kier alpha value is -3.63. The minimum Gasteiger partial charge on any atom is -0.369 e. The molecule has 1 amide bonds. The number of nitrogens with zero attached hydrogens (tertiary/aromatic N) is 4. The Balaban J connectivity index is 1.13. The third kappa shape index (κ3) is 8.35. The van der Waals surface area contributed by atoms with Crippen molar-refractivity contribution in [2.75, 3.05) is 42.7 Å². The molecule has 0 aliphatic carbocycles. The maximum atomic E-state index is 12.8. The summed E-state index contributed by atoms with van der Waals surface area (Å²) in [5.41, 5.74) is 7.47. The Kier molecular flexibility index (Phi) is 10.7. The van der Waals surface area contributed by atoms with E-state index in [4.69, 9.17) is 23.2 Å². The van der Waals surface area contributed by atoms with Gasteiger partial charge in [0, 0.05) is 66.1 Å². The molecule has 5 rings (SSSR count). The molecule has 1 N–H and O–H groups in total. The van der Waals surface area contributed by atoms with Gasteiger partial charge < -0.3 is 4.90 Å². The SMILES string of the molecule is Cc1nn(CCCl)c(C)c1C=CCS(=O)(=O)NC(=O)c1ccc(N2CCN(Cc3ccccc3-c3ccc(Cl)cc3)CC2)cc1. The second kappa shape index (κ2) is 14.6. The number of carbonyl (C=O) groups is 1. The van der Waals surface area contributed by atoms with E-state index in [0.717, 1.165) is 65.9 Å². The van der Waals surface area contributed by atoms with Crippen LogP contribution in [-0.4, -0.2) is 66.8 Å². The molecule has 8 nitrogen and oxygen atoms in total. The summed E-state index contributed by atoms with van der Waals surface area (Å²) in [5, 5.41) is 5.16. The molecule has 0 spiro atoms. The summed E-state index contributed by atoms with van der Waals surface area (Å²) in [6.07, 6.45) is 3.25. The Morgan fingerprint density at radius 2 is 1.64 bits per heavy atom. The van der Waals surface area contributed by atoms with Gasteiger partial charge in [0.05, 0.1) is 18.0 Å². The van der Waals surface area contributed by atoms with Gasteiger partial charge in [0.2, 0.25) is 10.0 Å². The first kappa shape index (κ1) is 32.8. The van der Waals surface area contributed by atoms with Gasteiger partial charge in [0.15, 0.2) is 0 Å². The van der Waals surface area contributed by atoms with Gasteiger partial charge in [0.1, 0.15) is 0 Å². The highest BCUT2D eigenvalue weighted by atomic mass is 35.5. The van der Waals surface area contributed by atoms with Gasteiger partial charge in [-0.3, -0.25) is 14.4 Å². The van der Waals surface area contributed by atoms with Gasteiger partial charge in [-0.25, -0.2) is 13.1 Å². The van der Waals surface area contributed by atoms with E-state index >= 15 is 0 Å². The van der Waals surface area contributed by atoms with Gasteiger partial charge in [-0.2, -0.15) is 5.10 Å². The molecule has 0 atom stereocenters. The number of anilines is 1. The van der Waals surface area contributed by atoms with Crippen molar-refractivity contribution in [3.05, 3.63) is 112 Å². The average molecular weight is 667 g/mol. The molecule has 3 aromatic carbocycles. The van der Waals surface area contributed by atoms with Gasteiger partial charge >= 0.3 is 0 Å². The number of piperazine rings is 1. The number of sulfonamides is 1. The molecule has 1 saturated heterocycles. The molecule has 11 heteroatoms. The summed E-state index contributed by atoms with van der Waals surface area (Å²) in [6, 6.07) is 23.5. The Labute approximate surface area is 275 Å². The van der Waals surface area contributed by atoms with Crippen molar-refractivity contribution in [1.82, 2.24) is 19.4 Å². The van der Waals surface area contributed by atoms with E-state index in [9.17, 15) is 13.2 Å². The second-order valence-electron chi connectivity index (χ2n) is 11.1. The molecule has 4 aromatic rings. The first-order chi connectivity index (χ1) is 21.6. The highest BCUT2D eigenvalue weighted by molar-refractivity contribution is 7.90. The van der Waals surface area contributed by atoms with Crippen LogP contribution in [0.5, 0.6) is 0 Å². The molecule has 236 valence electrons. The first-order valence-electron chi connectivity index (χ1n) is 14.9. The van der Waals surface area contributed by atoms with Crippen LogP contribution in [0.3, 0.4) is 0 Å². The van der Waals surface area contributed by atoms with Gasteiger partial charge in [-0.1, -0.05) is 60.2 Å². The van der Waals surface area contributed by atoms with E-state index in [1.165, 1.54) is 17.2 Å². The minimum atomic E-state index is -3.87. The number of alkyl halides is 1. The molecule has 0 unspecified atom stereocenters. The number of hydrogen-bond donors (Lipinski definition) is 1. The lowest BCUT2D eigenvalue weighted by atomic mass is 9.99. The lowest BCUT2D eigenvalue weighted by molar-refractivity contribution is 0.0981. The van der Waals surface area contributed by atoms with Crippen LogP contribution >= 0.6 is 23.2 Å². The highest BCUT2D eigenvalue weighted by Crippen LogP contribution is 2.27. The van der Waals surface area contributed by atoms with Crippen molar-refractivity contribution in [1.29, 1.82) is 0 Å². The number of aromatic nitrogens is 2. The molecule has 0 saturated carbocycles. The fourth-order valence-corrected chi connectivity index (χ4v) is 6.70. The topological polar surface area (TPSA) is 87.5 Å². The molecule has 2 heterocycles. The summed E-state index contributed by atoms with van der Waals surface area (Å²) in [6.45, 7) is 8.69. The van der Waals surface area contributed by atoms with E-state index in [1.54, 1.807) is 22.9 Å². The van der Waals surface area contributed by atoms with Crippen LogP contribution in [0.4, 0.5) is 5.69 Å². The van der Waals surface area contributed by atoms with Crippen molar-refractivity contribution < 1.29 is 13.2 Å². The highest BCUT2D eigenvalue weighted by Gasteiger charge is 2.20. The van der Waals surface area contributed by atoms with Crippen LogP contribution in [0.15, 0.2) is 78.9 Å². The van der Waals surface area contributed by atoms with Crippen molar-refractivity contribution >= 4 is 50.9 Å². The quantitative estimate of drug-likeness (QED) is 0.193. The molecule has 0 radical (unpaired) electrons. The molecule has 1 fully saturated rings. The standard InChI is InChI=1S/C34H37Cl2N5O3S/c1-25-32(26(2)41(37-25)18-17-35)8-5-23-45(43,44)38-34(42)28-11-15-31(16-12-28)40-21-19-39(20-22-40)24-29-6-3-4-7-33(29)27-9-13-30(36)14-10-27/h3-16H,17-24H2,1-2H3,(H,38,42). The van der Waals surface area contributed by atoms with Crippen LogP contribution in [0.1, 0.15) is 32.9 Å². The number of aryl methyl sites for hydroxylation is 2. The summed E-state index contributed by atoms with van der Waals surface area (Å²) in [5.74, 6) is -0.544. The van der Waals surface area contributed by atoms with Crippen LogP contribution < -0.4 is 9.62 Å². The Morgan fingerprint density at radius 1 is 0.956 bits per heavy atom. The summed E-state index contributed by atoms with van der Waals surface area (Å²) < 4.78 is 29.2. The van der Waals surface area contributed by atoms with Crippen LogP contribution in [0.2, 0.25) is 5.02 Å². The molecular formula is C34H37Cl2N5O3S. The second-order valence-corrected chi connectivity index (χ2v) is 13.7. The molecule has 1 aromatic heterocycles. The molecule has 0 bridgehead atoms. The average Bonchev–Trinajstić information content (AvgIpc) is 3.29. The number of nitrogens with one attached hydrogen (secondary N) is 1. The number of rotatable bonds is 11. The Morgan fingerprint density at radius 3 is 2.33 bits per heavy atom. The predicted molar refractivity (Wildman–Crippen MR) is 184 cm³/mol. The van der Waals surface area contributed by atoms with Crippen molar-refractivity contribution in [3.63, 3.8) is 0 Å². The zero-order valence-electron chi connectivity index (χ0n) is 25.4. The fraction of sp³-hybridized carbons (Fsp3) is 0.294. The maximum Gasteiger partial charge on any atom is 0.264 e. The van der Waals surface area contributed by atoms with E-state index in [2.05, 4.69) is 56.0 Å². The zero-order valence-corrected chi connectivity index (χ0v) is 27.7. The summed E-state index contributed by atoms with van der Waals surface area (Å²) >= 11 is 11.9. The Bertz CT molecular complexity index is 1760. The van der Waals surface area contributed by atoms with Crippen molar-refractivity contribution in [2.24, 2.45) is 0 Å². The fourth-order valence-electron chi connectivity index (χ4n) is 5.58. The monoisotopic (exact) mass is 665 g/mol. The van der Waals surface area contributed by atoms with Crippen LogP contribution in [-0.2, 0) is 23.1 Å². The molecule has 45 heavy (non-hydrogen) atoms. The van der Waals surface area contributed by atoms with E-state index in [-0.39, 0.29) is 11.3 Å². The van der Waals surface area contributed by atoms with E-state index < -0.39 is 15.9 Å². The summed E-state index contributed by atoms with van der Waals surface area (Å²) in [7, 11) is -3.87. The number of halogens is 2. The minimum absolute atomic E-state index is 0.290. The smallest absolute Gasteiger partial charge is 0.264 e. The predicted octanol–water partition coefficient (Wildman–Crippen LogP) is 6.15. The molecular weight excluding hydrogens is 629 g/mol. The maximum absolute atomic E-state index is 12.8. The number of amides is 1. The van der Waals surface area contributed by atoms with Crippen LogP contribution in [0, 0.1) is 13.8 Å². The van der Waals surface area contributed by atoms with Gasteiger partial charge in [-0.15, -0.1) is 11.6 Å². The molecule has 1 aliphatic rings. The third-order valence-corrected chi connectivity index (χ3v) is 9.56.